The first-order valence-corrected chi connectivity index (χ1v) is 5.76. The minimum absolute atomic E-state index is 0.231. The molecular formula is C10H10N4O2S. The van der Waals surface area contributed by atoms with Gasteiger partial charge in [0.05, 0.1) is 11.3 Å². The molecule has 0 fully saturated rings. The third-order valence-electron chi connectivity index (χ3n) is 2.01. The number of aromatic nitrogens is 2. The van der Waals surface area contributed by atoms with Crippen molar-refractivity contribution < 1.29 is 9.21 Å². The van der Waals surface area contributed by atoms with Crippen molar-refractivity contribution in [2.75, 3.05) is 0 Å². The zero-order valence-corrected chi connectivity index (χ0v) is 9.61. The lowest BCUT2D eigenvalue weighted by molar-refractivity contribution is 0.0925. The van der Waals surface area contributed by atoms with Crippen LogP contribution in [0, 0.1) is 0 Å². The molecule has 17 heavy (non-hydrogen) atoms. The molecule has 2 rings (SSSR count). The van der Waals surface area contributed by atoms with Gasteiger partial charge in [-0.1, -0.05) is 0 Å². The lowest BCUT2D eigenvalue weighted by Crippen LogP contribution is -2.30. The Labute approximate surface area is 102 Å². The number of carbonyl (C=O) groups excluding carboxylic acids is 1. The molecule has 2 aromatic rings. The number of amides is 1. The van der Waals surface area contributed by atoms with E-state index in [1.807, 2.05) is 5.43 Å². The highest BCUT2D eigenvalue weighted by molar-refractivity contribution is 7.98. The molecule has 0 unspecified atom stereocenters. The van der Waals surface area contributed by atoms with Gasteiger partial charge in [-0.2, -0.15) is 0 Å². The Kier molecular flexibility index (Phi) is 3.73. The summed E-state index contributed by atoms with van der Waals surface area (Å²) >= 11 is 1.49. The number of thioether (sulfide) groups is 1. The van der Waals surface area contributed by atoms with Gasteiger partial charge < -0.3 is 4.42 Å². The van der Waals surface area contributed by atoms with E-state index in [0.717, 1.165) is 10.6 Å². The second kappa shape index (κ2) is 5.46. The minimum atomic E-state index is -0.437. The summed E-state index contributed by atoms with van der Waals surface area (Å²) in [7, 11) is 0. The molecule has 0 atom stereocenters. The van der Waals surface area contributed by atoms with E-state index in [2.05, 4.69) is 9.97 Å². The summed E-state index contributed by atoms with van der Waals surface area (Å²) in [6.45, 7) is 0. The normalized spacial score (nSPS) is 10.2. The molecule has 88 valence electrons. The van der Waals surface area contributed by atoms with Gasteiger partial charge in [0.1, 0.15) is 6.33 Å². The smallest absolute Gasteiger partial charge is 0.301 e. The van der Waals surface area contributed by atoms with E-state index in [-0.39, 0.29) is 5.76 Å². The summed E-state index contributed by atoms with van der Waals surface area (Å²) in [4.78, 5) is 19.2. The molecule has 2 aromatic heterocycles. The van der Waals surface area contributed by atoms with Gasteiger partial charge >= 0.3 is 5.91 Å². The number of nitrogen functional groups attached to an aromatic ring is 1. The quantitative estimate of drug-likeness (QED) is 0.276. The lowest BCUT2D eigenvalue weighted by atomic mass is 10.3. The van der Waals surface area contributed by atoms with E-state index in [0.29, 0.717) is 5.75 Å². The SMILES string of the molecule is NNC(=O)c1occc1CSc1ccncn1. The second-order valence-corrected chi connectivity index (χ2v) is 4.08. The van der Waals surface area contributed by atoms with Crippen molar-refractivity contribution in [1.82, 2.24) is 15.4 Å². The van der Waals surface area contributed by atoms with Gasteiger partial charge in [-0.15, -0.1) is 11.8 Å². The van der Waals surface area contributed by atoms with Crippen LogP contribution in [0.3, 0.4) is 0 Å². The average molecular weight is 250 g/mol. The van der Waals surface area contributed by atoms with Gasteiger partial charge in [0, 0.05) is 17.5 Å². The van der Waals surface area contributed by atoms with Crippen molar-refractivity contribution in [3.8, 4) is 0 Å². The van der Waals surface area contributed by atoms with Crippen molar-refractivity contribution in [2.45, 2.75) is 10.8 Å². The number of hydrazine groups is 1. The molecule has 0 aliphatic carbocycles. The van der Waals surface area contributed by atoms with Crippen LogP contribution in [-0.2, 0) is 5.75 Å². The van der Waals surface area contributed by atoms with Crippen LogP contribution in [0.4, 0.5) is 0 Å². The molecule has 0 radical (unpaired) electrons. The Morgan fingerprint density at radius 2 is 2.41 bits per heavy atom. The number of hydrogen-bond acceptors (Lipinski definition) is 6. The van der Waals surface area contributed by atoms with Gasteiger partial charge in [-0.25, -0.2) is 15.8 Å². The number of carbonyl (C=O) groups is 1. The number of nitrogens with zero attached hydrogens (tertiary/aromatic N) is 2. The first kappa shape index (κ1) is 11.6. The van der Waals surface area contributed by atoms with Crippen LogP contribution in [0.5, 0.6) is 0 Å². The highest BCUT2D eigenvalue weighted by Gasteiger charge is 2.14. The first-order valence-electron chi connectivity index (χ1n) is 4.77. The molecule has 1 amide bonds. The Morgan fingerprint density at radius 1 is 1.53 bits per heavy atom. The largest absolute Gasteiger partial charge is 0.459 e. The summed E-state index contributed by atoms with van der Waals surface area (Å²) < 4.78 is 5.07. The predicted octanol–water partition coefficient (Wildman–Crippen LogP) is 0.965. The van der Waals surface area contributed by atoms with Gasteiger partial charge in [0.25, 0.3) is 0 Å². The fourth-order valence-corrected chi connectivity index (χ4v) is 2.04. The third kappa shape index (κ3) is 2.83. The maximum Gasteiger partial charge on any atom is 0.301 e. The van der Waals surface area contributed by atoms with Crippen molar-refractivity contribution in [3.63, 3.8) is 0 Å². The van der Waals surface area contributed by atoms with E-state index < -0.39 is 5.91 Å². The van der Waals surface area contributed by atoms with E-state index in [1.54, 1.807) is 18.3 Å². The lowest BCUT2D eigenvalue weighted by Gasteiger charge is -2.01. The van der Waals surface area contributed by atoms with Crippen LogP contribution in [0.15, 0.2) is 40.4 Å². The van der Waals surface area contributed by atoms with E-state index in [9.17, 15) is 4.79 Å². The summed E-state index contributed by atoms with van der Waals surface area (Å²) in [6, 6.07) is 3.53. The zero-order valence-electron chi connectivity index (χ0n) is 8.79. The van der Waals surface area contributed by atoms with Gasteiger partial charge in [0.15, 0.2) is 5.76 Å². The minimum Gasteiger partial charge on any atom is -0.459 e. The predicted molar refractivity (Wildman–Crippen MR) is 62.0 cm³/mol. The molecule has 0 saturated heterocycles. The monoisotopic (exact) mass is 250 g/mol. The number of nitrogens with two attached hydrogens (primary N) is 1. The molecule has 6 nitrogen and oxygen atoms in total. The zero-order chi connectivity index (χ0) is 12.1. The molecule has 2 heterocycles. The molecule has 0 bridgehead atoms. The standard InChI is InChI=1S/C10H10N4O2S/c11-14-10(15)9-7(2-4-16-9)5-17-8-1-3-12-6-13-8/h1-4,6H,5,11H2,(H,14,15). The maximum absolute atomic E-state index is 11.3. The maximum atomic E-state index is 11.3. The van der Waals surface area contributed by atoms with Crippen molar-refractivity contribution >= 4 is 17.7 Å². The van der Waals surface area contributed by atoms with Crippen LogP contribution < -0.4 is 11.3 Å². The van der Waals surface area contributed by atoms with Crippen molar-refractivity contribution in [3.05, 3.63) is 42.2 Å². The Morgan fingerprint density at radius 3 is 3.12 bits per heavy atom. The first-order chi connectivity index (χ1) is 8.31. The average Bonchev–Trinajstić information content (AvgIpc) is 2.85. The van der Waals surface area contributed by atoms with Crippen LogP contribution in [0.1, 0.15) is 16.1 Å². The Bertz CT molecular complexity index is 500. The fraction of sp³-hybridized carbons (Fsp3) is 0.100. The third-order valence-corrected chi connectivity index (χ3v) is 3.01. The Hall–Kier alpha value is -1.86. The molecule has 0 saturated carbocycles. The number of rotatable bonds is 4. The van der Waals surface area contributed by atoms with Crippen LogP contribution >= 0.6 is 11.8 Å². The fourth-order valence-electron chi connectivity index (χ4n) is 1.23. The van der Waals surface area contributed by atoms with E-state index >= 15 is 0 Å². The van der Waals surface area contributed by atoms with Crippen LogP contribution in [0.25, 0.3) is 0 Å². The number of nitrogens with one attached hydrogen (secondary N) is 1. The summed E-state index contributed by atoms with van der Waals surface area (Å²) in [5, 5.41) is 0.834. The summed E-state index contributed by atoms with van der Waals surface area (Å²) in [5.41, 5.74) is 2.81. The summed E-state index contributed by atoms with van der Waals surface area (Å²) in [5.74, 6) is 5.43. The molecule has 7 heteroatoms. The number of furan rings is 1. The van der Waals surface area contributed by atoms with Gasteiger partial charge in [-0.3, -0.25) is 10.2 Å². The number of hydrogen-bond donors (Lipinski definition) is 2. The molecule has 0 aromatic carbocycles. The van der Waals surface area contributed by atoms with Crippen LogP contribution in [-0.4, -0.2) is 15.9 Å². The highest BCUT2D eigenvalue weighted by Crippen LogP contribution is 2.22. The van der Waals surface area contributed by atoms with E-state index in [4.69, 9.17) is 10.3 Å². The van der Waals surface area contributed by atoms with Crippen molar-refractivity contribution in [1.29, 1.82) is 0 Å². The topological polar surface area (TPSA) is 94.0 Å². The van der Waals surface area contributed by atoms with Gasteiger partial charge in [-0.05, 0) is 12.1 Å². The molecule has 3 N–H and O–H groups in total. The van der Waals surface area contributed by atoms with Crippen molar-refractivity contribution in [2.24, 2.45) is 5.84 Å². The highest BCUT2D eigenvalue weighted by atomic mass is 32.2. The second-order valence-electron chi connectivity index (χ2n) is 3.08. The van der Waals surface area contributed by atoms with E-state index in [1.165, 1.54) is 24.4 Å². The summed E-state index contributed by atoms with van der Waals surface area (Å²) in [6.07, 6.45) is 4.60. The molecule has 0 aliphatic heterocycles. The molecule has 0 spiro atoms. The Balaban J connectivity index is 2.05. The van der Waals surface area contributed by atoms with Crippen LogP contribution in [0.2, 0.25) is 0 Å². The van der Waals surface area contributed by atoms with Gasteiger partial charge in [0.2, 0.25) is 0 Å². The molecular weight excluding hydrogens is 240 g/mol. The molecule has 0 aliphatic rings.